The van der Waals surface area contributed by atoms with Gasteiger partial charge in [0, 0.05) is 0 Å². The van der Waals surface area contributed by atoms with Crippen LogP contribution in [0.2, 0.25) is 0 Å². The second kappa shape index (κ2) is 3.90. The number of fused-ring (bicyclic) bond motifs is 1. The van der Waals surface area contributed by atoms with Crippen LogP contribution < -0.4 is 0 Å². The smallest absolute Gasteiger partial charge is 0.348 e. The molecule has 0 amide bonds. The van der Waals surface area contributed by atoms with Crippen LogP contribution in [0, 0.1) is 5.82 Å². The SMILES string of the molecule is COC(=O)c1cc2ccc(Br)c(F)c2s1. The van der Waals surface area contributed by atoms with E-state index >= 15 is 0 Å². The van der Waals surface area contributed by atoms with Crippen LogP contribution in [0.5, 0.6) is 0 Å². The van der Waals surface area contributed by atoms with Gasteiger partial charge in [-0.3, -0.25) is 0 Å². The highest BCUT2D eigenvalue weighted by Crippen LogP contribution is 2.32. The van der Waals surface area contributed by atoms with Crippen molar-refractivity contribution in [2.24, 2.45) is 0 Å². The van der Waals surface area contributed by atoms with Crippen molar-refractivity contribution in [1.29, 1.82) is 0 Å². The number of halogens is 2. The van der Waals surface area contributed by atoms with E-state index in [1.54, 1.807) is 18.2 Å². The summed E-state index contributed by atoms with van der Waals surface area (Å²) in [7, 11) is 1.30. The first-order chi connectivity index (χ1) is 7.13. The van der Waals surface area contributed by atoms with E-state index in [1.165, 1.54) is 7.11 Å². The van der Waals surface area contributed by atoms with Gasteiger partial charge in [0.25, 0.3) is 0 Å². The molecule has 0 fully saturated rings. The molecule has 0 spiro atoms. The molecule has 0 aliphatic heterocycles. The van der Waals surface area contributed by atoms with Gasteiger partial charge in [0.1, 0.15) is 4.88 Å². The minimum absolute atomic E-state index is 0.340. The van der Waals surface area contributed by atoms with Gasteiger partial charge in [-0.25, -0.2) is 9.18 Å². The van der Waals surface area contributed by atoms with Crippen LogP contribution in [-0.2, 0) is 4.74 Å². The van der Waals surface area contributed by atoms with Gasteiger partial charge in [-0.05, 0) is 33.4 Å². The van der Waals surface area contributed by atoms with Crippen molar-refractivity contribution >= 4 is 43.3 Å². The number of esters is 1. The zero-order valence-electron chi connectivity index (χ0n) is 7.71. The number of hydrogen-bond acceptors (Lipinski definition) is 3. The predicted octanol–water partition coefficient (Wildman–Crippen LogP) is 3.59. The quantitative estimate of drug-likeness (QED) is 0.750. The van der Waals surface area contributed by atoms with E-state index in [2.05, 4.69) is 20.7 Å². The summed E-state index contributed by atoms with van der Waals surface area (Å²) in [4.78, 5) is 11.6. The van der Waals surface area contributed by atoms with Crippen LogP contribution in [0.1, 0.15) is 9.67 Å². The van der Waals surface area contributed by atoms with Crippen molar-refractivity contribution in [3.63, 3.8) is 0 Å². The van der Waals surface area contributed by atoms with Crippen LogP contribution in [0.15, 0.2) is 22.7 Å². The molecule has 1 aromatic carbocycles. The zero-order valence-corrected chi connectivity index (χ0v) is 10.1. The molecule has 15 heavy (non-hydrogen) atoms. The Labute approximate surface area is 97.8 Å². The van der Waals surface area contributed by atoms with Crippen molar-refractivity contribution in [1.82, 2.24) is 0 Å². The van der Waals surface area contributed by atoms with E-state index in [0.29, 0.717) is 19.4 Å². The Balaban J connectivity index is 2.66. The van der Waals surface area contributed by atoms with Gasteiger partial charge < -0.3 is 4.74 Å². The molecule has 0 radical (unpaired) electrons. The van der Waals surface area contributed by atoms with Gasteiger partial charge in [0.15, 0.2) is 5.82 Å². The highest BCUT2D eigenvalue weighted by atomic mass is 79.9. The normalized spacial score (nSPS) is 10.6. The average molecular weight is 289 g/mol. The van der Waals surface area contributed by atoms with E-state index in [1.807, 2.05) is 0 Å². The Morgan fingerprint density at radius 1 is 1.53 bits per heavy atom. The number of benzene rings is 1. The van der Waals surface area contributed by atoms with Gasteiger partial charge >= 0.3 is 5.97 Å². The third-order valence-electron chi connectivity index (χ3n) is 1.97. The summed E-state index contributed by atoms with van der Waals surface area (Å²) in [5, 5.41) is 0.709. The maximum atomic E-state index is 13.6. The van der Waals surface area contributed by atoms with Gasteiger partial charge in [0.05, 0.1) is 16.3 Å². The van der Waals surface area contributed by atoms with Crippen LogP contribution in [-0.4, -0.2) is 13.1 Å². The molecule has 1 heterocycles. The highest BCUT2D eigenvalue weighted by Gasteiger charge is 2.14. The molecule has 0 atom stereocenters. The van der Waals surface area contributed by atoms with Crippen molar-refractivity contribution in [2.45, 2.75) is 0 Å². The monoisotopic (exact) mass is 288 g/mol. The number of carbonyl (C=O) groups excluding carboxylic acids is 1. The summed E-state index contributed by atoms with van der Waals surface area (Å²) < 4.78 is 19.0. The molecule has 0 bridgehead atoms. The number of ether oxygens (including phenoxy) is 1. The first-order valence-electron chi connectivity index (χ1n) is 4.09. The standard InChI is InChI=1S/C10H6BrFO2S/c1-14-10(13)7-4-5-2-3-6(11)8(12)9(5)15-7/h2-4H,1H3. The first kappa shape index (κ1) is 10.6. The Hall–Kier alpha value is -0.940. The van der Waals surface area contributed by atoms with Crippen molar-refractivity contribution < 1.29 is 13.9 Å². The Morgan fingerprint density at radius 2 is 2.27 bits per heavy atom. The van der Waals surface area contributed by atoms with Crippen LogP contribution in [0.3, 0.4) is 0 Å². The summed E-state index contributed by atoms with van der Waals surface area (Å²) in [5.41, 5.74) is 0. The lowest BCUT2D eigenvalue weighted by Gasteiger charge is -1.93. The van der Waals surface area contributed by atoms with Crippen molar-refractivity contribution in [3.8, 4) is 0 Å². The maximum absolute atomic E-state index is 13.6. The minimum atomic E-state index is -0.438. The summed E-state index contributed by atoms with van der Waals surface area (Å²) in [6, 6.07) is 5.00. The third-order valence-corrected chi connectivity index (χ3v) is 3.70. The number of hydrogen-bond donors (Lipinski definition) is 0. The molecule has 2 rings (SSSR count). The van der Waals surface area contributed by atoms with E-state index < -0.39 is 5.97 Å². The van der Waals surface area contributed by atoms with Gasteiger partial charge in [-0.1, -0.05) is 6.07 Å². The molecular formula is C10H6BrFO2S. The Bertz CT molecular complexity index is 535. The molecule has 5 heteroatoms. The molecule has 0 N–H and O–H groups in total. The van der Waals surface area contributed by atoms with Crippen LogP contribution in [0.4, 0.5) is 4.39 Å². The van der Waals surface area contributed by atoms with Gasteiger partial charge in [-0.2, -0.15) is 0 Å². The highest BCUT2D eigenvalue weighted by molar-refractivity contribution is 9.10. The lowest BCUT2D eigenvalue weighted by atomic mass is 10.2. The van der Waals surface area contributed by atoms with E-state index in [4.69, 9.17) is 0 Å². The average Bonchev–Trinajstić information content (AvgIpc) is 2.67. The van der Waals surface area contributed by atoms with Gasteiger partial charge in [-0.15, -0.1) is 11.3 Å². The predicted molar refractivity (Wildman–Crippen MR) is 60.8 cm³/mol. The molecule has 1 aromatic heterocycles. The summed E-state index contributed by atoms with van der Waals surface area (Å²) in [5.74, 6) is -0.778. The molecule has 0 aliphatic carbocycles. The Kier molecular flexibility index (Phi) is 2.75. The fourth-order valence-electron chi connectivity index (χ4n) is 1.25. The Morgan fingerprint density at radius 3 is 2.93 bits per heavy atom. The second-order valence-corrected chi connectivity index (χ2v) is 4.79. The lowest BCUT2D eigenvalue weighted by Crippen LogP contribution is -1.96. The first-order valence-corrected chi connectivity index (χ1v) is 5.70. The van der Waals surface area contributed by atoms with E-state index in [-0.39, 0.29) is 5.82 Å². The molecule has 78 valence electrons. The van der Waals surface area contributed by atoms with Gasteiger partial charge in [0.2, 0.25) is 0 Å². The molecule has 0 aliphatic rings. The topological polar surface area (TPSA) is 26.3 Å². The van der Waals surface area contributed by atoms with Crippen LogP contribution >= 0.6 is 27.3 Å². The minimum Gasteiger partial charge on any atom is -0.465 e. The maximum Gasteiger partial charge on any atom is 0.348 e. The largest absolute Gasteiger partial charge is 0.465 e. The molecule has 2 aromatic rings. The number of rotatable bonds is 1. The van der Waals surface area contributed by atoms with E-state index in [0.717, 1.165) is 11.3 Å². The number of carbonyl (C=O) groups is 1. The van der Waals surface area contributed by atoms with Crippen molar-refractivity contribution in [3.05, 3.63) is 33.4 Å². The third kappa shape index (κ3) is 1.77. The second-order valence-electron chi connectivity index (χ2n) is 2.88. The molecule has 2 nitrogen and oxygen atoms in total. The fourth-order valence-corrected chi connectivity index (χ4v) is 2.72. The van der Waals surface area contributed by atoms with Crippen molar-refractivity contribution in [2.75, 3.05) is 7.11 Å². The summed E-state index contributed by atoms with van der Waals surface area (Å²) in [6.07, 6.45) is 0. The number of methoxy groups -OCH3 is 1. The molecular weight excluding hydrogens is 283 g/mol. The zero-order chi connectivity index (χ0) is 11.0. The fraction of sp³-hybridized carbons (Fsp3) is 0.100. The molecule has 0 saturated heterocycles. The van der Waals surface area contributed by atoms with E-state index in [9.17, 15) is 9.18 Å². The molecule has 0 unspecified atom stereocenters. The lowest BCUT2D eigenvalue weighted by molar-refractivity contribution is 0.0606. The molecule has 0 saturated carbocycles. The number of thiophene rings is 1. The van der Waals surface area contributed by atoms with Crippen LogP contribution in [0.25, 0.3) is 10.1 Å². The summed E-state index contributed by atoms with van der Waals surface area (Å²) in [6.45, 7) is 0. The summed E-state index contributed by atoms with van der Waals surface area (Å²) >= 11 is 4.19.